The summed E-state index contributed by atoms with van der Waals surface area (Å²) in [6.07, 6.45) is 0. The first-order chi connectivity index (χ1) is 7.91. The molecule has 0 saturated heterocycles. The van der Waals surface area contributed by atoms with E-state index in [-0.39, 0.29) is 5.91 Å². The van der Waals surface area contributed by atoms with Crippen molar-refractivity contribution in [1.82, 2.24) is 9.91 Å². The fraction of sp³-hybridized carbons (Fsp3) is 0.417. The van der Waals surface area contributed by atoms with Gasteiger partial charge in [-0.05, 0) is 24.6 Å². The molecule has 0 spiro atoms. The fourth-order valence-electron chi connectivity index (χ4n) is 1.25. The number of rotatable bonds is 3. The number of hydrogen-bond donors (Lipinski definition) is 0. The number of amides is 1. The minimum atomic E-state index is -0.0358. The lowest BCUT2D eigenvalue weighted by molar-refractivity contribution is 0.0827. The van der Waals surface area contributed by atoms with Crippen LogP contribution in [0.1, 0.15) is 15.9 Å². The number of carbonyl (C=O) groups is 1. The highest BCUT2D eigenvalue weighted by atomic mass is 16.2. The quantitative estimate of drug-likeness (QED) is 0.595. The molecule has 0 heterocycles. The van der Waals surface area contributed by atoms with Gasteiger partial charge in [0.2, 0.25) is 0 Å². The normalized spacial score (nSPS) is 10.6. The number of benzene rings is 1. The van der Waals surface area contributed by atoms with Crippen LogP contribution in [0.2, 0.25) is 0 Å². The van der Waals surface area contributed by atoms with E-state index in [0.717, 1.165) is 5.56 Å². The van der Waals surface area contributed by atoms with E-state index in [1.807, 2.05) is 13.0 Å². The topological polar surface area (TPSA) is 48.3 Å². The van der Waals surface area contributed by atoms with Crippen molar-refractivity contribution in [2.45, 2.75) is 6.92 Å². The molecule has 0 N–H and O–H groups in total. The molecule has 0 saturated carbocycles. The van der Waals surface area contributed by atoms with Crippen LogP contribution in [0.5, 0.6) is 0 Å². The molecule has 92 valence electrons. The molecule has 1 aromatic carbocycles. The summed E-state index contributed by atoms with van der Waals surface area (Å²) in [5.41, 5.74) is 2.32. The SMILES string of the molecule is Cc1ccc(C(=O)N(C)C)cc1N=NN(C)C. The second-order valence-corrected chi connectivity index (χ2v) is 4.24. The lowest BCUT2D eigenvalue weighted by atomic mass is 10.1. The molecular weight excluding hydrogens is 216 g/mol. The van der Waals surface area contributed by atoms with Crippen molar-refractivity contribution >= 4 is 11.6 Å². The third-order valence-electron chi connectivity index (χ3n) is 2.19. The summed E-state index contributed by atoms with van der Waals surface area (Å²) >= 11 is 0. The van der Waals surface area contributed by atoms with Gasteiger partial charge in [0.1, 0.15) is 0 Å². The van der Waals surface area contributed by atoms with Gasteiger partial charge >= 0.3 is 0 Å². The van der Waals surface area contributed by atoms with E-state index in [4.69, 9.17) is 0 Å². The lowest BCUT2D eigenvalue weighted by Gasteiger charge is -2.11. The van der Waals surface area contributed by atoms with Crippen molar-refractivity contribution in [2.24, 2.45) is 10.3 Å². The van der Waals surface area contributed by atoms with E-state index >= 15 is 0 Å². The maximum atomic E-state index is 11.8. The summed E-state index contributed by atoms with van der Waals surface area (Å²) in [4.78, 5) is 13.3. The molecule has 0 radical (unpaired) electrons. The largest absolute Gasteiger partial charge is 0.345 e. The fourth-order valence-corrected chi connectivity index (χ4v) is 1.25. The number of aryl methyl sites for hydroxylation is 1. The first-order valence-corrected chi connectivity index (χ1v) is 5.33. The Kier molecular flexibility index (Phi) is 4.20. The molecule has 5 nitrogen and oxygen atoms in total. The minimum absolute atomic E-state index is 0.0358. The number of carbonyl (C=O) groups excluding carboxylic acids is 1. The Bertz CT molecular complexity index is 438. The summed E-state index contributed by atoms with van der Waals surface area (Å²) in [6.45, 7) is 1.94. The summed E-state index contributed by atoms with van der Waals surface area (Å²) in [5, 5.41) is 9.63. The zero-order valence-electron chi connectivity index (χ0n) is 10.9. The summed E-state index contributed by atoms with van der Waals surface area (Å²) < 4.78 is 0. The van der Waals surface area contributed by atoms with E-state index < -0.39 is 0 Å². The molecular formula is C12H18N4O. The molecule has 0 aliphatic heterocycles. The van der Waals surface area contributed by atoms with Crippen LogP contribution < -0.4 is 0 Å². The van der Waals surface area contributed by atoms with Crippen LogP contribution in [-0.2, 0) is 0 Å². The van der Waals surface area contributed by atoms with Crippen LogP contribution in [0, 0.1) is 6.92 Å². The Hall–Kier alpha value is -1.91. The monoisotopic (exact) mass is 234 g/mol. The third kappa shape index (κ3) is 3.55. The molecule has 1 amide bonds. The van der Waals surface area contributed by atoms with E-state index in [0.29, 0.717) is 11.3 Å². The van der Waals surface area contributed by atoms with Gasteiger partial charge in [0.15, 0.2) is 0 Å². The zero-order valence-corrected chi connectivity index (χ0v) is 10.9. The Morgan fingerprint density at radius 1 is 1.18 bits per heavy atom. The first kappa shape index (κ1) is 13.2. The Morgan fingerprint density at radius 3 is 2.35 bits per heavy atom. The average Bonchev–Trinajstić information content (AvgIpc) is 2.26. The van der Waals surface area contributed by atoms with Gasteiger partial charge in [0, 0.05) is 33.8 Å². The predicted molar refractivity (Wildman–Crippen MR) is 67.4 cm³/mol. The highest BCUT2D eigenvalue weighted by molar-refractivity contribution is 5.94. The van der Waals surface area contributed by atoms with Crippen LogP contribution in [0.15, 0.2) is 28.5 Å². The van der Waals surface area contributed by atoms with Gasteiger partial charge in [-0.2, -0.15) is 0 Å². The van der Waals surface area contributed by atoms with Crippen molar-refractivity contribution in [2.75, 3.05) is 28.2 Å². The molecule has 0 aliphatic carbocycles. The number of hydrogen-bond acceptors (Lipinski definition) is 3. The smallest absolute Gasteiger partial charge is 0.253 e. The average molecular weight is 234 g/mol. The number of nitrogens with zero attached hydrogens (tertiary/aromatic N) is 4. The Morgan fingerprint density at radius 2 is 1.82 bits per heavy atom. The van der Waals surface area contributed by atoms with Crippen molar-refractivity contribution in [1.29, 1.82) is 0 Å². The highest BCUT2D eigenvalue weighted by Gasteiger charge is 2.09. The van der Waals surface area contributed by atoms with Crippen LogP contribution >= 0.6 is 0 Å². The minimum Gasteiger partial charge on any atom is -0.345 e. The van der Waals surface area contributed by atoms with Crippen molar-refractivity contribution in [3.8, 4) is 0 Å². The van der Waals surface area contributed by atoms with Crippen LogP contribution in [0.3, 0.4) is 0 Å². The Balaban J connectivity index is 3.06. The van der Waals surface area contributed by atoms with Crippen molar-refractivity contribution < 1.29 is 4.79 Å². The second-order valence-electron chi connectivity index (χ2n) is 4.24. The lowest BCUT2D eigenvalue weighted by Crippen LogP contribution is -2.21. The first-order valence-electron chi connectivity index (χ1n) is 5.33. The van der Waals surface area contributed by atoms with Crippen LogP contribution in [0.4, 0.5) is 5.69 Å². The molecule has 5 heteroatoms. The summed E-state index contributed by atoms with van der Waals surface area (Å²) in [5.74, 6) is -0.0358. The van der Waals surface area contributed by atoms with Crippen LogP contribution in [-0.4, -0.2) is 44.0 Å². The third-order valence-corrected chi connectivity index (χ3v) is 2.19. The van der Waals surface area contributed by atoms with Gasteiger partial charge in [0.25, 0.3) is 5.91 Å². The standard InChI is InChI=1S/C12H18N4O/c1-9-6-7-10(12(17)15(2)3)8-11(9)13-14-16(4)5/h6-8H,1-5H3. The van der Waals surface area contributed by atoms with Crippen LogP contribution in [0.25, 0.3) is 0 Å². The van der Waals surface area contributed by atoms with E-state index in [2.05, 4.69) is 10.3 Å². The maximum absolute atomic E-state index is 11.8. The zero-order chi connectivity index (χ0) is 13.0. The van der Waals surface area contributed by atoms with Gasteiger partial charge in [-0.15, -0.1) is 5.11 Å². The summed E-state index contributed by atoms with van der Waals surface area (Å²) in [7, 11) is 7.05. The maximum Gasteiger partial charge on any atom is 0.253 e. The van der Waals surface area contributed by atoms with Gasteiger partial charge in [0.05, 0.1) is 5.69 Å². The van der Waals surface area contributed by atoms with E-state index in [1.165, 1.54) is 4.90 Å². The van der Waals surface area contributed by atoms with Crippen molar-refractivity contribution in [3.05, 3.63) is 29.3 Å². The second kappa shape index (κ2) is 5.43. The molecule has 0 unspecified atom stereocenters. The van der Waals surface area contributed by atoms with E-state index in [9.17, 15) is 4.79 Å². The molecule has 0 atom stereocenters. The van der Waals surface area contributed by atoms with Gasteiger partial charge < -0.3 is 4.90 Å². The Labute approximate surface area is 102 Å². The van der Waals surface area contributed by atoms with Gasteiger partial charge in [-0.1, -0.05) is 11.3 Å². The van der Waals surface area contributed by atoms with Gasteiger partial charge in [-0.25, -0.2) is 0 Å². The highest BCUT2D eigenvalue weighted by Crippen LogP contribution is 2.21. The predicted octanol–water partition coefficient (Wildman–Crippen LogP) is 2.26. The molecule has 0 aromatic heterocycles. The molecule has 0 aliphatic rings. The van der Waals surface area contributed by atoms with E-state index in [1.54, 1.807) is 45.3 Å². The molecule has 1 rings (SSSR count). The van der Waals surface area contributed by atoms with Crippen molar-refractivity contribution in [3.63, 3.8) is 0 Å². The van der Waals surface area contributed by atoms with Gasteiger partial charge in [-0.3, -0.25) is 9.80 Å². The molecule has 0 bridgehead atoms. The molecule has 0 fully saturated rings. The molecule has 17 heavy (non-hydrogen) atoms. The summed E-state index contributed by atoms with van der Waals surface area (Å²) in [6, 6.07) is 5.43. The molecule has 1 aromatic rings.